The van der Waals surface area contributed by atoms with Crippen LogP contribution in [0.15, 0.2) is 30.6 Å². The van der Waals surface area contributed by atoms with Crippen LogP contribution < -0.4 is 5.32 Å². The fourth-order valence-electron chi connectivity index (χ4n) is 3.79. The fraction of sp³-hybridized carbons (Fsp3) is 0.364. The Morgan fingerprint density at radius 2 is 1.83 bits per heavy atom. The maximum Gasteiger partial charge on any atom is 0.166 e. The van der Waals surface area contributed by atoms with Gasteiger partial charge in [0.2, 0.25) is 0 Å². The van der Waals surface area contributed by atoms with Gasteiger partial charge in [-0.1, -0.05) is 12.1 Å². The van der Waals surface area contributed by atoms with E-state index in [4.69, 9.17) is 4.98 Å². The number of aryl methyl sites for hydroxylation is 2. The molecule has 1 aromatic carbocycles. The molecule has 0 amide bonds. The molecule has 0 bridgehead atoms. The van der Waals surface area contributed by atoms with Crippen molar-refractivity contribution in [3.05, 3.63) is 47.5 Å². The molecule has 4 aromatic rings. The van der Waals surface area contributed by atoms with Gasteiger partial charge in [-0.2, -0.15) is 5.10 Å². The van der Waals surface area contributed by atoms with Crippen LogP contribution in [0.3, 0.4) is 0 Å². The highest BCUT2D eigenvalue weighted by molar-refractivity contribution is 5.87. The number of anilines is 1. The third kappa shape index (κ3) is 3.49. The third-order valence-electron chi connectivity index (χ3n) is 5.37. The van der Waals surface area contributed by atoms with Crippen molar-refractivity contribution in [2.24, 2.45) is 7.05 Å². The van der Waals surface area contributed by atoms with Gasteiger partial charge in [-0.15, -0.1) is 0 Å². The molecule has 0 aliphatic carbocycles. The van der Waals surface area contributed by atoms with Gasteiger partial charge < -0.3 is 15.0 Å². The Labute approximate surface area is 175 Å². The lowest BCUT2D eigenvalue weighted by Crippen LogP contribution is -2.08. The van der Waals surface area contributed by atoms with Crippen molar-refractivity contribution in [2.45, 2.75) is 40.2 Å². The zero-order chi connectivity index (χ0) is 21.4. The summed E-state index contributed by atoms with van der Waals surface area (Å²) in [7, 11) is 1.95. The number of nitrogens with zero attached hydrogens (tertiary/aromatic N) is 6. The van der Waals surface area contributed by atoms with E-state index in [2.05, 4.69) is 45.7 Å². The summed E-state index contributed by atoms with van der Waals surface area (Å²) in [5, 5.41) is 17.4. The Balaban J connectivity index is 1.71. The van der Waals surface area contributed by atoms with E-state index in [0.29, 0.717) is 6.54 Å². The maximum absolute atomic E-state index is 9.44. The number of phenolic OH excluding ortho intramolecular Hbond substituents is 1. The lowest BCUT2D eigenvalue weighted by molar-refractivity contribution is 0.475. The topological polar surface area (TPSA) is 93.7 Å². The molecule has 0 saturated heterocycles. The molecule has 0 aliphatic heterocycles. The number of nitrogens with one attached hydrogen (secondary N) is 1. The zero-order valence-corrected chi connectivity index (χ0v) is 18.0. The minimum Gasteiger partial charge on any atom is -0.508 e. The van der Waals surface area contributed by atoms with E-state index < -0.39 is 0 Å². The average Bonchev–Trinajstić information content (AvgIpc) is 3.20. The quantitative estimate of drug-likeness (QED) is 0.507. The molecule has 0 radical (unpaired) electrons. The summed E-state index contributed by atoms with van der Waals surface area (Å²) in [6.07, 6.45) is 2.39. The Morgan fingerprint density at radius 1 is 1.10 bits per heavy atom. The van der Waals surface area contributed by atoms with Gasteiger partial charge in [0.1, 0.15) is 17.9 Å². The Kier molecular flexibility index (Phi) is 5.15. The van der Waals surface area contributed by atoms with Gasteiger partial charge in [-0.05, 0) is 51.8 Å². The first kappa shape index (κ1) is 19.9. The van der Waals surface area contributed by atoms with Crippen LogP contribution in [0.25, 0.3) is 22.6 Å². The number of hydrogen-bond acceptors (Lipinski definition) is 6. The maximum atomic E-state index is 9.44. The molecule has 156 valence electrons. The number of rotatable bonds is 6. The summed E-state index contributed by atoms with van der Waals surface area (Å²) >= 11 is 0. The molecule has 3 aromatic heterocycles. The van der Waals surface area contributed by atoms with Crippen LogP contribution in [-0.4, -0.2) is 41.0 Å². The monoisotopic (exact) mass is 405 g/mol. The summed E-state index contributed by atoms with van der Waals surface area (Å²) in [5.74, 6) is 1.86. The molecule has 8 heteroatoms. The average molecular weight is 406 g/mol. The highest BCUT2D eigenvalue weighted by Gasteiger charge is 2.23. The summed E-state index contributed by atoms with van der Waals surface area (Å²) in [5.41, 5.74) is 5.76. The number of aromatic nitrogens is 6. The Morgan fingerprint density at radius 3 is 2.47 bits per heavy atom. The van der Waals surface area contributed by atoms with Crippen LogP contribution in [-0.2, 0) is 13.5 Å². The van der Waals surface area contributed by atoms with Crippen LogP contribution in [0.1, 0.15) is 36.8 Å². The van der Waals surface area contributed by atoms with Gasteiger partial charge in [0.25, 0.3) is 0 Å². The predicted octanol–water partition coefficient (Wildman–Crippen LogP) is 3.78. The van der Waals surface area contributed by atoms with Crippen molar-refractivity contribution in [2.75, 3.05) is 11.9 Å². The summed E-state index contributed by atoms with van der Waals surface area (Å²) in [6.45, 7) is 9.03. The van der Waals surface area contributed by atoms with Gasteiger partial charge in [-0.3, -0.25) is 4.68 Å². The first-order valence-electron chi connectivity index (χ1n) is 10.1. The number of imidazole rings is 1. The lowest BCUT2D eigenvalue weighted by Gasteiger charge is -2.12. The minimum atomic E-state index is 0.184. The number of benzene rings is 1. The summed E-state index contributed by atoms with van der Waals surface area (Å²) in [4.78, 5) is 14.0. The SMILES string of the molecule is Cc1nn(C)c(C)c1-c1nc2c(NCCc3ccc(O)cc3)ncnc2n1C(C)C. The minimum absolute atomic E-state index is 0.184. The summed E-state index contributed by atoms with van der Waals surface area (Å²) < 4.78 is 4.04. The van der Waals surface area contributed by atoms with Crippen molar-refractivity contribution < 1.29 is 5.11 Å². The van der Waals surface area contributed by atoms with Gasteiger partial charge in [0.05, 0.1) is 11.3 Å². The molecular weight excluding hydrogens is 378 g/mol. The molecule has 0 saturated carbocycles. The van der Waals surface area contributed by atoms with Gasteiger partial charge in [0.15, 0.2) is 17.0 Å². The molecule has 0 aliphatic rings. The van der Waals surface area contributed by atoms with E-state index in [1.807, 2.05) is 30.8 Å². The van der Waals surface area contributed by atoms with Crippen LogP contribution in [0.4, 0.5) is 5.82 Å². The van der Waals surface area contributed by atoms with Crippen molar-refractivity contribution in [3.63, 3.8) is 0 Å². The van der Waals surface area contributed by atoms with Crippen LogP contribution in [0.2, 0.25) is 0 Å². The van der Waals surface area contributed by atoms with Gasteiger partial charge in [-0.25, -0.2) is 15.0 Å². The standard InChI is InChI=1S/C22H27N7O/c1-13(2)29-21(18-14(3)27-28(5)15(18)4)26-19-20(24-12-25-22(19)29)23-11-10-16-6-8-17(30)9-7-16/h6-9,12-13,30H,10-11H2,1-5H3,(H,23,24,25). The predicted molar refractivity (Wildman–Crippen MR) is 118 cm³/mol. The highest BCUT2D eigenvalue weighted by atomic mass is 16.3. The number of phenols is 1. The first-order valence-corrected chi connectivity index (χ1v) is 10.1. The van der Waals surface area contributed by atoms with E-state index in [9.17, 15) is 5.11 Å². The molecular formula is C22H27N7O. The van der Waals surface area contributed by atoms with Crippen molar-refractivity contribution in [1.82, 2.24) is 29.3 Å². The zero-order valence-electron chi connectivity index (χ0n) is 18.0. The molecule has 8 nitrogen and oxygen atoms in total. The Hall–Kier alpha value is -3.42. The van der Waals surface area contributed by atoms with E-state index in [1.54, 1.807) is 18.5 Å². The molecule has 0 spiro atoms. The van der Waals surface area contributed by atoms with E-state index in [-0.39, 0.29) is 11.8 Å². The molecule has 3 heterocycles. The normalized spacial score (nSPS) is 11.5. The van der Waals surface area contributed by atoms with E-state index >= 15 is 0 Å². The van der Waals surface area contributed by atoms with Crippen LogP contribution in [0.5, 0.6) is 5.75 Å². The van der Waals surface area contributed by atoms with Crippen LogP contribution >= 0.6 is 0 Å². The third-order valence-corrected chi connectivity index (χ3v) is 5.37. The second kappa shape index (κ2) is 7.78. The molecule has 0 atom stereocenters. The molecule has 0 unspecified atom stereocenters. The van der Waals surface area contributed by atoms with E-state index in [1.165, 1.54) is 0 Å². The van der Waals surface area contributed by atoms with Gasteiger partial charge in [0, 0.05) is 25.3 Å². The number of hydrogen-bond donors (Lipinski definition) is 2. The second-order valence-electron chi connectivity index (χ2n) is 7.81. The molecule has 2 N–H and O–H groups in total. The molecule has 4 rings (SSSR count). The fourth-order valence-corrected chi connectivity index (χ4v) is 3.79. The smallest absolute Gasteiger partial charge is 0.166 e. The Bertz CT molecular complexity index is 1190. The number of aromatic hydroxyl groups is 1. The number of fused-ring (bicyclic) bond motifs is 1. The van der Waals surface area contributed by atoms with Crippen LogP contribution in [0, 0.1) is 13.8 Å². The van der Waals surface area contributed by atoms with Crippen molar-refractivity contribution >= 4 is 17.0 Å². The van der Waals surface area contributed by atoms with Crippen molar-refractivity contribution in [1.29, 1.82) is 0 Å². The highest BCUT2D eigenvalue weighted by Crippen LogP contribution is 2.33. The van der Waals surface area contributed by atoms with Gasteiger partial charge >= 0.3 is 0 Å². The lowest BCUT2D eigenvalue weighted by atomic mass is 10.1. The summed E-state index contributed by atoms with van der Waals surface area (Å²) in [6, 6.07) is 7.43. The largest absolute Gasteiger partial charge is 0.508 e. The molecule has 30 heavy (non-hydrogen) atoms. The van der Waals surface area contributed by atoms with Crippen molar-refractivity contribution in [3.8, 4) is 17.1 Å². The second-order valence-corrected chi connectivity index (χ2v) is 7.81. The first-order chi connectivity index (χ1) is 14.4. The van der Waals surface area contributed by atoms with E-state index in [0.717, 1.165) is 51.7 Å². The molecule has 0 fully saturated rings.